The molecular weight excluding hydrogens is 231 g/mol. The highest BCUT2D eigenvalue weighted by Gasteiger charge is 2.43. The number of benzene rings is 1. The first-order chi connectivity index (χ1) is 8.80. The van der Waals surface area contributed by atoms with Crippen molar-refractivity contribution < 1.29 is 9.13 Å². The van der Waals surface area contributed by atoms with Gasteiger partial charge in [-0.2, -0.15) is 0 Å². The van der Waals surface area contributed by atoms with Crippen LogP contribution in [0.2, 0.25) is 0 Å². The zero-order chi connectivity index (χ0) is 12.4. The van der Waals surface area contributed by atoms with E-state index in [2.05, 4.69) is 10.6 Å². The lowest BCUT2D eigenvalue weighted by Gasteiger charge is -2.47. The Hall–Kier alpha value is -0.970. The van der Waals surface area contributed by atoms with Crippen LogP contribution in [0.3, 0.4) is 0 Å². The molecule has 2 saturated heterocycles. The second-order valence-corrected chi connectivity index (χ2v) is 5.11. The summed E-state index contributed by atoms with van der Waals surface area (Å²) in [5.41, 5.74) is 0.828. The topological polar surface area (TPSA) is 33.3 Å². The lowest BCUT2D eigenvalue weighted by molar-refractivity contribution is -0.115. The van der Waals surface area contributed by atoms with E-state index in [1.54, 1.807) is 12.1 Å². The maximum atomic E-state index is 13.4. The number of morpholine rings is 1. The maximum absolute atomic E-state index is 13.4. The maximum Gasteiger partial charge on any atom is 0.123 e. The number of piperidine rings is 1. The average molecular weight is 250 g/mol. The molecule has 0 aliphatic carbocycles. The Morgan fingerprint density at radius 2 is 2.06 bits per heavy atom. The SMILES string of the molecule is Fc1cccc(C2NCCOC23CCNCC3)c1. The largest absolute Gasteiger partial charge is 0.372 e. The van der Waals surface area contributed by atoms with Gasteiger partial charge in [-0.05, 0) is 43.6 Å². The van der Waals surface area contributed by atoms with Crippen molar-refractivity contribution in [2.45, 2.75) is 24.5 Å². The molecule has 0 saturated carbocycles. The normalized spacial score (nSPS) is 27.3. The quantitative estimate of drug-likeness (QED) is 0.794. The van der Waals surface area contributed by atoms with E-state index in [0.29, 0.717) is 0 Å². The molecule has 1 unspecified atom stereocenters. The number of hydrogen-bond acceptors (Lipinski definition) is 3. The van der Waals surface area contributed by atoms with Crippen LogP contribution < -0.4 is 10.6 Å². The summed E-state index contributed by atoms with van der Waals surface area (Å²) < 4.78 is 19.5. The standard InChI is InChI=1S/C14H19FN2O/c15-12-3-1-2-11(10-12)13-14(18-9-8-17-13)4-6-16-7-5-14/h1-3,10,13,16-17H,4-9H2. The number of ether oxygens (including phenoxy) is 1. The van der Waals surface area contributed by atoms with Gasteiger partial charge in [0.2, 0.25) is 0 Å². The second-order valence-electron chi connectivity index (χ2n) is 5.11. The van der Waals surface area contributed by atoms with E-state index in [9.17, 15) is 4.39 Å². The van der Waals surface area contributed by atoms with Crippen molar-refractivity contribution in [3.05, 3.63) is 35.6 Å². The number of nitrogens with one attached hydrogen (secondary N) is 2. The molecular formula is C14H19FN2O. The van der Waals surface area contributed by atoms with Gasteiger partial charge >= 0.3 is 0 Å². The summed E-state index contributed by atoms with van der Waals surface area (Å²) >= 11 is 0. The highest BCUT2D eigenvalue weighted by Crippen LogP contribution is 2.38. The zero-order valence-corrected chi connectivity index (χ0v) is 10.4. The van der Waals surface area contributed by atoms with Crippen molar-refractivity contribution in [3.8, 4) is 0 Å². The van der Waals surface area contributed by atoms with Gasteiger partial charge in [0.05, 0.1) is 18.2 Å². The molecule has 1 spiro atoms. The second kappa shape index (κ2) is 4.96. The number of rotatable bonds is 1. The molecule has 0 radical (unpaired) electrons. The molecule has 3 nitrogen and oxygen atoms in total. The summed E-state index contributed by atoms with van der Waals surface area (Å²) in [6, 6.07) is 6.97. The lowest BCUT2D eigenvalue weighted by Crippen LogP contribution is -2.56. The summed E-state index contributed by atoms with van der Waals surface area (Å²) in [5.74, 6) is -0.177. The molecule has 2 N–H and O–H groups in total. The van der Waals surface area contributed by atoms with Gasteiger partial charge in [0, 0.05) is 6.54 Å². The van der Waals surface area contributed by atoms with Crippen molar-refractivity contribution in [2.24, 2.45) is 0 Å². The number of halogens is 1. The van der Waals surface area contributed by atoms with Crippen molar-refractivity contribution >= 4 is 0 Å². The molecule has 0 amide bonds. The highest BCUT2D eigenvalue weighted by molar-refractivity contribution is 5.24. The Kier molecular flexibility index (Phi) is 3.33. The zero-order valence-electron chi connectivity index (χ0n) is 10.4. The van der Waals surface area contributed by atoms with Gasteiger partial charge in [0.1, 0.15) is 5.82 Å². The van der Waals surface area contributed by atoms with Gasteiger partial charge < -0.3 is 15.4 Å². The van der Waals surface area contributed by atoms with Gasteiger partial charge in [-0.3, -0.25) is 0 Å². The predicted octanol–water partition coefficient (Wildman–Crippen LogP) is 1.61. The van der Waals surface area contributed by atoms with Gasteiger partial charge in [0.25, 0.3) is 0 Å². The molecule has 3 rings (SSSR count). The Bertz CT molecular complexity index is 410. The first-order valence-electron chi connectivity index (χ1n) is 6.64. The van der Waals surface area contributed by atoms with Crippen LogP contribution in [-0.2, 0) is 4.74 Å². The van der Waals surface area contributed by atoms with E-state index >= 15 is 0 Å². The first kappa shape index (κ1) is 12.1. The molecule has 0 aromatic heterocycles. The third kappa shape index (κ3) is 2.16. The van der Waals surface area contributed by atoms with E-state index in [-0.39, 0.29) is 17.5 Å². The van der Waals surface area contributed by atoms with Crippen molar-refractivity contribution in [3.63, 3.8) is 0 Å². The summed E-state index contributed by atoms with van der Waals surface area (Å²) in [6.07, 6.45) is 1.95. The van der Waals surface area contributed by atoms with Crippen LogP contribution in [0.25, 0.3) is 0 Å². The van der Waals surface area contributed by atoms with E-state index < -0.39 is 0 Å². The smallest absolute Gasteiger partial charge is 0.123 e. The molecule has 2 aliphatic rings. The Labute approximate surface area is 107 Å². The van der Waals surface area contributed by atoms with Crippen molar-refractivity contribution in [1.82, 2.24) is 10.6 Å². The summed E-state index contributed by atoms with van der Waals surface area (Å²) in [5, 5.41) is 6.86. The number of hydrogen-bond donors (Lipinski definition) is 2. The van der Waals surface area contributed by atoms with E-state index in [0.717, 1.165) is 44.6 Å². The molecule has 2 aliphatic heterocycles. The molecule has 1 aromatic rings. The van der Waals surface area contributed by atoms with Crippen LogP contribution in [0.5, 0.6) is 0 Å². The van der Waals surface area contributed by atoms with Crippen molar-refractivity contribution in [2.75, 3.05) is 26.2 Å². The lowest BCUT2D eigenvalue weighted by atomic mass is 9.80. The van der Waals surface area contributed by atoms with Gasteiger partial charge in [-0.25, -0.2) is 4.39 Å². The average Bonchev–Trinajstić information content (AvgIpc) is 2.40. The van der Waals surface area contributed by atoms with Crippen LogP contribution >= 0.6 is 0 Å². The van der Waals surface area contributed by atoms with Crippen LogP contribution in [0.4, 0.5) is 4.39 Å². The Morgan fingerprint density at radius 3 is 2.83 bits per heavy atom. The van der Waals surface area contributed by atoms with Crippen LogP contribution in [-0.4, -0.2) is 31.8 Å². The fourth-order valence-electron chi connectivity index (χ4n) is 3.12. The van der Waals surface area contributed by atoms with E-state index in [1.807, 2.05) is 6.07 Å². The van der Waals surface area contributed by atoms with Gasteiger partial charge in [-0.15, -0.1) is 0 Å². The molecule has 1 aromatic carbocycles. The third-order valence-corrected chi connectivity index (χ3v) is 4.00. The van der Waals surface area contributed by atoms with Gasteiger partial charge in [-0.1, -0.05) is 12.1 Å². The van der Waals surface area contributed by atoms with Crippen LogP contribution in [0.1, 0.15) is 24.4 Å². The molecule has 18 heavy (non-hydrogen) atoms. The summed E-state index contributed by atoms with van der Waals surface area (Å²) in [6.45, 7) is 3.50. The molecule has 2 heterocycles. The summed E-state index contributed by atoms with van der Waals surface area (Å²) in [4.78, 5) is 0. The van der Waals surface area contributed by atoms with Crippen LogP contribution in [0.15, 0.2) is 24.3 Å². The Morgan fingerprint density at radius 1 is 1.22 bits per heavy atom. The molecule has 98 valence electrons. The molecule has 4 heteroatoms. The predicted molar refractivity (Wildman–Crippen MR) is 67.9 cm³/mol. The fraction of sp³-hybridized carbons (Fsp3) is 0.571. The third-order valence-electron chi connectivity index (χ3n) is 4.00. The van der Waals surface area contributed by atoms with Crippen LogP contribution in [0, 0.1) is 5.82 Å². The van der Waals surface area contributed by atoms with Gasteiger partial charge in [0.15, 0.2) is 0 Å². The molecule has 2 fully saturated rings. The fourth-order valence-corrected chi connectivity index (χ4v) is 3.12. The molecule has 1 atom stereocenters. The van der Waals surface area contributed by atoms with E-state index in [1.165, 1.54) is 6.07 Å². The highest BCUT2D eigenvalue weighted by atomic mass is 19.1. The Balaban J connectivity index is 1.91. The minimum Gasteiger partial charge on any atom is -0.372 e. The first-order valence-corrected chi connectivity index (χ1v) is 6.64. The minimum absolute atomic E-state index is 0.101. The minimum atomic E-state index is -0.177. The monoisotopic (exact) mass is 250 g/mol. The molecule has 0 bridgehead atoms. The van der Waals surface area contributed by atoms with Crippen molar-refractivity contribution in [1.29, 1.82) is 0 Å². The summed E-state index contributed by atoms with van der Waals surface area (Å²) in [7, 11) is 0. The van der Waals surface area contributed by atoms with E-state index in [4.69, 9.17) is 4.74 Å².